The van der Waals surface area contributed by atoms with E-state index < -0.39 is 11.9 Å². The summed E-state index contributed by atoms with van der Waals surface area (Å²) in [5.41, 5.74) is 1.17. The standard InChI is InChI=1S/C21H19ClN2O5/c1-29-21(28)16-12-24(9-10-25)20(27)18(16)23-17-11-14(22)7-8-15(17)19(26)13-5-3-2-4-6-13/h2-8,11,23,25H,9-10,12H2,1H3. The minimum atomic E-state index is -0.667. The van der Waals surface area contributed by atoms with E-state index in [1.54, 1.807) is 42.5 Å². The quantitative estimate of drug-likeness (QED) is 0.533. The van der Waals surface area contributed by atoms with Crippen molar-refractivity contribution in [2.75, 3.05) is 32.1 Å². The number of anilines is 1. The lowest BCUT2D eigenvalue weighted by atomic mass is 10.0. The van der Waals surface area contributed by atoms with Crippen LogP contribution in [0.3, 0.4) is 0 Å². The number of ether oxygens (including phenoxy) is 1. The molecule has 0 radical (unpaired) electrons. The Morgan fingerprint density at radius 1 is 1.21 bits per heavy atom. The van der Waals surface area contributed by atoms with Gasteiger partial charge < -0.3 is 20.1 Å². The smallest absolute Gasteiger partial charge is 0.337 e. The molecule has 150 valence electrons. The van der Waals surface area contributed by atoms with Gasteiger partial charge in [-0.2, -0.15) is 0 Å². The van der Waals surface area contributed by atoms with Gasteiger partial charge in [-0.05, 0) is 18.2 Å². The van der Waals surface area contributed by atoms with Crippen LogP contribution in [0, 0.1) is 0 Å². The van der Waals surface area contributed by atoms with Crippen molar-refractivity contribution in [1.29, 1.82) is 0 Å². The average Bonchev–Trinajstić information content (AvgIpc) is 3.04. The molecule has 0 saturated heterocycles. The van der Waals surface area contributed by atoms with Crippen molar-refractivity contribution in [3.63, 3.8) is 0 Å². The summed E-state index contributed by atoms with van der Waals surface area (Å²) < 4.78 is 4.78. The van der Waals surface area contributed by atoms with Gasteiger partial charge >= 0.3 is 5.97 Å². The first-order valence-corrected chi connectivity index (χ1v) is 9.22. The third-order valence-electron chi connectivity index (χ3n) is 4.48. The van der Waals surface area contributed by atoms with Gasteiger partial charge in [-0.15, -0.1) is 0 Å². The maximum Gasteiger partial charge on any atom is 0.337 e. The molecule has 2 N–H and O–H groups in total. The summed E-state index contributed by atoms with van der Waals surface area (Å²) in [6.07, 6.45) is 0. The molecule has 0 atom stereocenters. The van der Waals surface area contributed by atoms with E-state index in [1.807, 2.05) is 0 Å². The monoisotopic (exact) mass is 414 g/mol. The Labute approximate surface area is 172 Å². The molecule has 0 bridgehead atoms. The Morgan fingerprint density at radius 3 is 2.59 bits per heavy atom. The van der Waals surface area contributed by atoms with E-state index in [-0.39, 0.29) is 36.7 Å². The molecule has 2 aromatic carbocycles. The zero-order valence-electron chi connectivity index (χ0n) is 15.6. The molecular weight excluding hydrogens is 396 g/mol. The Balaban J connectivity index is 2.02. The van der Waals surface area contributed by atoms with Crippen LogP contribution < -0.4 is 5.32 Å². The van der Waals surface area contributed by atoms with Crippen LogP contribution in [0.25, 0.3) is 0 Å². The molecule has 29 heavy (non-hydrogen) atoms. The van der Waals surface area contributed by atoms with Crippen molar-refractivity contribution in [1.82, 2.24) is 4.90 Å². The Kier molecular flexibility index (Phi) is 6.31. The highest BCUT2D eigenvalue weighted by Crippen LogP contribution is 2.28. The second-order valence-corrected chi connectivity index (χ2v) is 6.74. The Morgan fingerprint density at radius 2 is 1.93 bits per heavy atom. The maximum absolute atomic E-state index is 13.0. The summed E-state index contributed by atoms with van der Waals surface area (Å²) in [6, 6.07) is 13.3. The molecule has 3 rings (SSSR count). The van der Waals surface area contributed by atoms with Gasteiger partial charge in [0.05, 0.1) is 31.5 Å². The fourth-order valence-corrected chi connectivity index (χ4v) is 3.22. The van der Waals surface area contributed by atoms with E-state index in [9.17, 15) is 19.5 Å². The zero-order chi connectivity index (χ0) is 21.0. The van der Waals surface area contributed by atoms with Crippen LogP contribution >= 0.6 is 11.6 Å². The summed E-state index contributed by atoms with van der Waals surface area (Å²) in [7, 11) is 1.22. The number of carbonyl (C=O) groups excluding carboxylic acids is 3. The van der Waals surface area contributed by atoms with E-state index in [2.05, 4.69) is 5.32 Å². The summed E-state index contributed by atoms with van der Waals surface area (Å²) in [5, 5.41) is 12.4. The third-order valence-corrected chi connectivity index (χ3v) is 4.71. The van der Waals surface area contributed by atoms with Gasteiger partial charge in [0.2, 0.25) is 0 Å². The number of aliphatic hydroxyl groups is 1. The van der Waals surface area contributed by atoms with E-state index >= 15 is 0 Å². The van der Waals surface area contributed by atoms with Gasteiger partial charge in [0.1, 0.15) is 5.70 Å². The molecule has 1 aliphatic heterocycles. The first-order chi connectivity index (χ1) is 14.0. The number of hydrogen-bond donors (Lipinski definition) is 2. The van der Waals surface area contributed by atoms with Crippen LogP contribution in [-0.2, 0) is 14.3 Å². The number of carbonyl (C=O) groups is 3. The fraction of sp³-hybridized carbons (Fsp3) is 0.190. The summed E-state index contributed by atoms with van der Waals surface area (Å²) in [6.45, 7) is -0.185. The molecule has 8 heteroatoms. The number of β-amino-alcohol motifs (C(OH)–C–C–N with tert-alkyl or cyclic N) is 1. The highest BCUT2D eigenvalue weighted by atomic mass is 35.5. The fourth-order valence-electron chi connectivity index (χ4n) is 3.05. The number of benzene rings is 2. The highest BCUT2D eigenvalue weighted by molar-refractivity contribution is 6.31. The lowest BCUT2D eigenvalue weighted by molar-refractivity contribution is -0.136. The van der Waals surface area contributed by atoms with Crippen LogP contribution in [0.15, 0.2) is 59.8 Å². The maximum atomic E-state index is 13.0. The number of amides is 1. The summed E-state index contributed by atoms with van der Waals surface area (Å²) in [4.78, 5) is 39.2. The van der Waals surface area contributed by atoms with Gasteiger partial charge in [0.15, 0.2) is 5.78 Å². The molecule has 0 fully saturated rings. The van der Waals surface area contributed by atoms with Crippen LogP contribution in [0.1, 0.15) is 15.9 Å². The lowest BCUT2D eigenvalue weighted by Crippen LogP contribution is -2.31. The topological polar surface area (TPSA) is 95.9 Å². The number of esters is 1. The summed E-state index contributed by atoms with van der Waals surface area (Å²) >= 11 is 6.11. The van der Waals surface area contributed by atoms with Crippen molar-refractivity contribution < 1.29 is 24.2 Å². The number of halogens is 1. The van der Waals surface area contributed by atoms with E-state index in [0.29, 0.717) is 21.8 Å². The van der Waals surface area contributed by atoms with Gasteiger partial charge in [0, 0.05) is 22.7 Å². The molecule has 1 aliphatic rings. The zero-order valence-corrected chi connectivity index (χ0v) is 16.4. The normalized spacial score (nSPS) is 13.6. The largest absolute Gasteiger partial charge is 0.466 e. The van der Waals surface area contributed by atoms with E-state index in [4.69, 9.17) is 16.3 Å². The second-order valence-electron chi connectivity index (χ2n) is 6.31. The first kappa shape index (κ1) is 20.6. The lowest BCUT2D eigenvalue weighted by Gasteiger charge is -2.16. The number of hydrogen-bond acceptors (Lipinski definition) is 6. The molecule has 0 aromatic heterocycles. The van der Waals surface area contributed by atoms with Crippen molar-refractivity contribution in [2.24, 2.45) is 0 Å². The Bertz CT molecular complexity index is 988. The number of rotatable bonds is 7. The minimum absolute atomic E-state index is 0.00304. The first-order valence-electron chi connectivity index (χ1n) is 8.84. The van der Waals surface area contributed by atoms with Gasteiger partial charge in [-0.25, -0.2) is 4.79 Å². The molecule has 0 aliphatic carbocycles. The van der Waals surface area contributed by atoms with Crippen molar-refractivity contribution in [3.8, 4) is 0 Å². The number of nitrogens with zero attached hydrogens (tertiary/aromatic N) is 1. The second kappa shape index (κ2) is 8.89. The number of methoxy groups -OCH3 is 1. The molecular formula is C21H19ClN2O5. The van der Waals surface area contributed by atoms with E-state index in [1.165, 1.54) is 18.1 Å². The molecule has 2 aromatic rings. The van der Waals surface area contributed by atoms with Crippen molar-refractivity contribution >= 4 is 34.9 Å². The molecule has 1 heterocycles. The van der Waals surface area contributed by atoms with Crippen LogP contribution in [0.4, 0.5) is 5.69 Å². The molecule has 0 saturated carbocycles. The van der Waals surface area contributed by atoms with Crippen molar-refractivity contribution in [3.05, 3.63) is 76.0 Å². The van der Waals surface area contributed by atoms with E-state index in [0.717, 1.165) is 0 Å². The van der Waals surface area contributed by atoms with Gasteiger partial charge in [-0.3, -0.25) is 9.59 Å². The SMILES string of the molecule is COC(=O)C1=C(Nc2cc(Cl)ccc2C(=O)c2ccccc2)C(=O)N(CCO)C1. The highest BCUT2D eigenvalue weighted by Gasteiger charge is 2.35. The predicted molar refractivity (Wildman–Crippen MR) is 108 cm³/mol. The van der Waals surface area contributed by atoms with Crippen LogP contribution in [-0.4, -0.2) is 54.5 Å². The van der Waals surface area contributed by atoms with Gasteiger partial charge in [-0.1, -0.05) is 41.9 Å². The molecule has 0 unspecified atom stereocenters. The average molecular weight is 415 g/mol. The molecule has 7 nitrogen and oxygen atoms in total. The van der Waals surface area contributed by atoms with Gasteiger partial charge in [0.25, 0.3) is 5.91 Å². The molecule has 0 spiro atoms. The Hall–Kier alpha value is -3.16. The van der Waals surface area contributed by atoms with Crippen LogP contribution in [0.5, 0.6) is 0 Å². The predicted octanol–water partition coefficient (Wildman–Crippen LogP) is 2.24. The third kappa shape index (κ3) is 4.31. The minimum Gasteiger partial charge on any atom is -0.466 e. The summed E-state index contributed by atoms with van der Waals surface area (Å²) in [5.74, 6) is -1.40. The number of aliphatic hydroxyl groups excluding tert-OH is 1. The van der Waals surface area contributed by atoms with Crippen LogP contribution in [0.2, 0.25) is 5.02 Å². The van der Waals surface area contributed by atoms with Crippen molar-refractivity contribution in [2.45, 2.75) is 0 Å². The number of ketones is 1. The number of nitrogens with one attached hydrogen (secondary N) is 1. The molecule has 1 amide bonds.